The number of carbonyl (C=O) groups excluding carboxylic acids is 1. The molecule has 66 valence electrons. The molecule has 0 bridgehead atoms. The van der Waals surface area contributed by atoms with E-state index in [1.165, 1.54) is 0 Å². The van der Waals surface area contributed by atoms with Crippen molar-refractivity contribution in [1.29, 1.82) is 5.26 Å². The first-order valence-corrected chi connectivity index (χ1v) is 4.10. The maximum Gasteiger partial charge on any atom is 0.238 e. The molecule has 1 rings (SSSR count). The van der Waals surface area contributed by atoms with Crippen LogP contribution in [0.25, 0.3) is 0 Å². The predicted molar refractivity (Wildman–Crippen MR) is 44.3 cm³/mol. The molecule has 1 aliphatic heterocycles. The average Bonchev–Trinajstić information content (AvgIpc) is 2.47. The molecule has 0 radical (unpaired) electrons. The lowest BCUT2D eigenvalue weighted by atomic mass is 10.2. The van der Waals surface area contributed by atoms with Gasteiger partial charge >= 0.3 is 0 Å². The lowest BCUT2D eigenvalue weighted by molar-refractivity contribution is -0.124. The molecule has 1 heterocycles. The third-order valence-corrected chi connectivity index (χ3v) is 2.16. The van der Waals surface area contributed by atoms with Crippen molar-refractivity contribution in [2.45, 2.75) is 18.9 Å². The Morgan fingerprint density at radius 3 is 3.08 bits per heavy atom. The molecule has 0 saturated carbocycles. The zero-order valence-corrected chi connectivity index (χ0v) is 7.21. The van der Waals surface area contributed by atoms with Crippen LogP contribution in [-0.2, 0) is 4.79 Å². The van der Waals surface area contributed by atoms with Crippen molar-refractivity contribution < 1.29 is 4.79 Å². The first-order chi connectivity index (χ1) is 5.75. The number of hydrogen-bond acceptors (Lipinski definition) is 3. The number of nitrogens with zero attached hydrogens (tertiary/aromatic N) is 2. The van der Waals surface area contributed by atoms with Crippen LogP contribution in [0.1, 0.15) is 12.8 Å². The molecule has 0 unspecified atom stereocenters. The number of amides is 1. The van der Waals surface area contributed by atoms with E-state index in [9.17, 15) is 4.79 Å². The molecule has 1 atom stereocenters. The number of likely N-dealkylation sites (N-methyl/N-ethyl adjacent to an activating group) is 1. The summed E-state index contributed by atoms with van der Waals surface area (Å²) in [6.07, 6.45) is 1.98. The number of hydrogen-bond donors (Lipinski definition) is 1. The van der Waals surface area contributed by atoms with Crippen molar-refractivity contribution in [3.05, 3.63) is 0 Å². The summed E-state index contributed by atoms with van der Waals surface area (Å²) in [7, 11) is 1.93. The Hall–Kier alpha value is -1.08. The van der Waals surface area contributed by atoms with Crippen LogP contribution in [0.5, 0.6) is 0 Å². The van der Waals surface area contributed by atoms with Crippen LogP contribution < -0.4 is 5.32 Å². The zero-order chi connectivity index (χ0) is 8.97. The van der Waals surface area contributed by atoms with E-state index < -0.39 is 0 Å². The maximum atomic E-state index is 11.3. The quantitative estimate of drug-likeness (QED) is 0.575. The number of likely N-dealkylation sites (tertiary alicyclic amines) is 1. The van der Waals surface area contributed by atoms with E-state index in [-0.39, 0.29) is 18.5 Å². The molecule has 1 N–H and O–H groups in total. The maximum absolute atomic E-state index is 11.3. The SMILES string of the molecule is CN1CCC[C@@H]1C(=O)NCC#N. The Balaban J connectivity index is 2.37. The average molecular weight is 167 g/mol. The van der Waals surface area contributed by atoms with Crippen LogP contribution in [-0.4, -0.2) is 37.0 Å². The molecule has 0 aliphatic carbocycles. The summed E-state index contributed by atoms with van der Waals surface area (Å²) in [6.45, 7) is 1.09. The second-order valence-corrected chi connectivity index (χ2v) is 3.01. The number of nitrogens with one attached hydrogen (secondary N) is 1. The second kappa shape index (κ2) is 4.07. The second-order valence-electron chi connectivity index (χ2n) is 3.01. The van der Waals surface area contributed by atoms with Crippen LogP contribution in [0.4, 0.5) is 0 Å². The highest BCUT2D eigenvalue weighted by atomic mass is 16.2. The molecule has 0 spiro atoms. The topological polar surface area (TPSA) is 56.1 Å². The molecular formula is C8H13N3O. The smallest absolute Gasteiger partial charge is 0.238 e. The van der Waals surface area contributed by atoms with Crippen LogP contribution >= 0.6 is 0 Å². The molecule has 1 aliphatic rings. The minimum Gasteiger partial charge on any atom is -0.342 e. The normalized spacial score (nSPS) is 23.5. The van der Waals surface area contributed by atoms with Gasteiger partial charge in [-0.15, -0.1) is 0 Å². The van der Waals surface area contributed by atoms with E-state index in [0.29, 0.717) is 0 Å². The standard InChI is InChI=1S/C8H13N3O/c1-11-6-2-3-7(11)8(12)10-5-4-9/h7H,2-3,5-6H2,1H3,(H,10,12)/t7-/m1/s1. The largest absolute Gasteiger partial charge is 0.342 e. The van der Waals surface area contributed by atoms with Gasteiger partial charge in [0.2, 0.25) is 5.91 Å². The van der Waals surface area contributed by atoms with E-state index in [0.717, 1.165) is 19.4 Å². The van der Waals surface area contributed by atoms with Gasteiger partial charge in [-0.25, -0.2) is 0 Å². The third kappa shape index (κ3) is 1.95. The first kappa shape index (κ1) is 9.01. The van der Waals surface area contributed by atoms with E-state index >= 15 is 0 Å². The van der Waals surface area contributed by atoms with Gasteiger partial charge in [0.15, 0.2) is 0 Å². The Labute approximate surface area is 72.2 Å². The van der Waals surface area contributed by atoms with Gasteiger partial charge in [-0.05, 0) is 26.4 Å². The monoisotopic (exact) mass is 167 g/mol. The molecule has 1 saturated heterocycles. The summed E-state index contributed by atoms with van der Waals surface area (Å²) in [5.74, 6) is -0.0171. The number of carbonyl (C=O) groups is 1. The van der Waals surface area contributed by atoms with E-state index in [4.69, 9.17) is 5.26 Å². The first-order valence-electron chi connectivity index (χ1n) is 4.10. The zero-order valence-electron chi connectivity index (χ0n) is 7.21. The van der Waals surface area contributed by atoms with Gasteiger partial charge in [0.25, 0.3) is 0 Å². The van der Waals surface area contributed by atoms with Crippen molar-refractivity contribution in [3.8, 4) is 6.07 Å². The molecule has 1 fully saturated rings. The fourth-order valence-electron chi connectivity index (χ4n) is 1.49. The molecule has 1 amide bonds. The van der Waals surface area contributed by atoms with Gasteiger partial charge in [-0.2, -0.15) is 5.26 Å². The van der Waals surface area contributed by atoms with Crippen molar-refractivity contribution in [1.82, 2.24) is 10.2 Å². The summed E-state index contributed by atoms with van der Waals surface area (Å²) in [5.41, 5.74) is 0. The predicted octanol–water partition coefficient (Wildman–Crippen LogP) is -0.280. The minimum absolute atomic E-state index is 0.0154. The molecule has 0 aromatic carbocycles. The van der Waals surface area contributed by atoms with Crippen molar-refractivity contribution in [3.63, 3.8) is 0 Å². The van der Waals surface area contributed by atoms with Crippen LogP contribution in [0.3, 0.4) is 0 Å². The van der Waals surface area contributed by atoms with Gasteiger partial charge in [0.1, 0.15) is 6.54 Å². The van der Waals surface area contributed by atoms with Gasteiger partial charge in [0, 0.05) is 0 Å². The fraction of sp³-hybridized carbons (Fsp3) is 0.750. The summed E-state index contributed by atoms with van der Waals surface area (Å²) in [6, 6.07) is 1.87. The minimum atomic E-state index is -0.0171. The lowest BCUT2D eigenvalue weighted by Gasteiger charge is -2.17. The highest BCUT2D eigenvalue weighted by Gasteiger charge is 2.26. The van der Waals surface area contributed by atoms with Crippen LogP contribution in [0.15, 0.2) is 0 Å². The molecule has 4 heteroatoms. The van der Waals surface area contributed by atoms with Crippen molar-refractivity contribution >= 4 is 5.91 Å². The van der Waals surface area contributed by atoms with E-state index in [2.05, 4.69) is 5.32 Å². The van der Waals surface area contributed by atoms with Gasteiger partial charge in [0.05, 0.1) is 12.1 Å². The Kier molecular flexibility index (Phi) is 3.06. The van der Waals surface area contributed by atoms with Crippen molar-refractivity contribution in [2.75, 3.05) is 20.1 Å². The molecular weight excluding hydrogens is 154 g/mol. The molecule has 12 heavy (non-hydrogen) atoms. The van der Waals surface area contributed by atoms with Crippen molar-refractivity contribution in [2.24, 2.45) is 0 Å². The van der Waals surface area contributed by atoms with Crippen LogP contribution in [0.2, 0.25) is 0 Å². The Morgan fingerprint density at radius 2 is 2.58 bits per heavy atom. The summed E-state index contributed by atoms with van der Waals surface area (Å²) >= 11 is 0. The number of rotatable bonds is 2. The lowest BCUT2D eigenvalue weighted by Crippen LogP contribution is -2.41. The molecule has 4 nitrogen and oxygen atoms in total. The Morgan fingerprint density at radius 1 is 1.83 bits per heavy atom. The van der Waals surface area contributed by atoms with Gasteiger partial charge < -0.3 is 5.32 Å². The summed E-state index contributed by atoms with van der Waals surface area (Å²) in [5, 5.41) is 10.8. The van der Waals surface area contributed by atoms with Gasteiger partial charge in [-0.1, -0.05) is 0 Å². The highest BCUT2D eigenvalue weighted by Crippen LogP contribution is 2.14. The fourth-order valence-corrected chi connectivity index (χ4v) is 1.49. The molecule has 0 aromatic heterocycles. The van der Waals surface area contributed by atoms with Gasteiger partial charge in [-0.3, -0.25) is 9.69 Å². The molecule has 0 aromatic rings. The summed E-state index contributed by atoms with van der Waals surface area (Å²) < 4.78 is 0. The highest BCUT2D eigenvalue weighted by molar-refractivity contribution is 5.82. The van der Waals surface area contributed by atoms with Crippen LogP contribution in [0, 0.1) is 11.3 Å². The third-order valence-electron chi connectivity index (χ3n) is 2.16. The van der Waals surface area contributed by atoms with E-state index in [1.807, 2.05) is 18.0 Å². The number of nitriles is 1. The Bertz CT molecular complexity index is 209. The summed E-state index contributed by atoms with van der Waals surface area (Å²) in [4.78, 5) is 13.3. The van der Waals surface area contributed by atoms with E-state index in [1.54, 1.807) is 0 Å².